The van der Waals surface area contributed by atoms with Crippen LogP contribution in [0.4, 0.5) is 0 Å². The van der Waals surface area contributed by atoms with Crippen molar-refractivity contribution < 1.29 is 4.74 Å². The quantitative estimate of drug-likeness (QED) is 0.0552. The second kappa shape index (κ2) is 259. The fourth-order valence-corrected chi connectivity index (χ4v) is 9.70. The highest BCUT2D eigenvalue weighted by atomic mass is 16.5. The molecule has 119 heavy (non-hydrogen) atoms. The molecular formula is C118H276O. The Morgan fingerprint density at radius 1 is 0.0672 bits per heavy atom. The molecule has 0 radical (unpaired) electrons. The molecule has 0 fully saturated rings. The topological polar surface area (TPSA) is 9.23 Å². The van der Waals surface area contributed by atoms with Crippen LogP contribution in [0, 0.1) is 0 Å². The van der Waals surface area contributed by atoms with E-state index < -0.39 is 0 Å². The van der Waals surface area contributed by atoms with E-state index in [9.17, 15) is 0 Å². The molecule has 0 spiro atoms. The summed E-state index contributed by atoms with van der Waals surface area (Å²) in [6.45, 7) is 90.5. The van der Waals surface area contributed by atoms with Gasteiger partial charge in [-0.05, 0) is 13.8 Å². The molecule has 1 heteroatoms. The van der Waals surface area contributed by atoms with Crippen molar-refractivity contribution in [3.05, 3.63) is 0 Å². The fraction of sp³-hybridized carbons (Fsp3) is 1.00. The Morgan fingerprint density at radius 2 is 0.101 bits per heavy atom. The normalized spacial score (nSPS) is 8.97. The summed E-state index contributed by atoms with van der Waals surface area (Å²) in [6, 6.07) is 0. The van der Waals surface area contributed by atoms with Crippen molar-refractivity contribution >= 4 is 0 Å². The van der Waals surface area contributed by atoms with E-state index in [1.807, 2.05) is 13.8 Å². The molecule has 0 unspecified atom stereocenters. The second-order valence-electron chi connectivity index (χ2n) is 33.2. The number of ether oxygens (including phenoxy) is 1. The lowest BCUT2D eigenvalue weighted by atomic mass is 10.2. The zero-order valence-electron chi connectivity index (χ0n) is 95.6. The molecule has 0 aliphatic rings. The van der Waals surface area contributed by atoms with Crippen molar-refractivity contribution in [1.82, 2.24) is 0 Å². The molecule has 1 nitrogen and oxygen atoms in total. The van der Waals surface area contributed by atoms with Gasteiger partial charge in [0, 0.05) is 13.2 Å². The average molecular weight is 1710 g/mol. The Hall–Kier alpha value is -0.0400. The van der Waals surface area contributed by atoms with Gasteiger partial charge < -0.3 is 4.74 Å². The molecule has 0 rings (SSSR count). The van der Waals surface area contributed by atoms with E-state index in [0.29, 0.717) is 0 Å². The zero-order valence-corrected chi connectivity index (χ0v) is 95.6. The molecule has 0 amide bonds. The second-order valence-corrected chi connectivity index (χ2v) is 33.2. The van der Waals surface area contributed by atoms with Crippen molar-refractivity contribution in [2.75, 3.05) is 13.2 Å². The van der Waals surface area contributed by atoms with Crippen LogP contribution in [0.25, 0.3) is 0 Å². The van der Waals surface area contributed by atoms with Gasteiger partial charge in [-0.15, -0.1) is 0 Å². The fourth-order valence-electron chi connectivity index (χ4n) is 9.70. The van der Waals surface area contributed by atoms with E-state index in [1.54, 1.807) is 0 Å². The molecule has 0 N–H and O–H groups in total. The van der Waals surface area contributed by atoms with Crippen LogP contribution in [0.5, 0.6) is 0 Å². The van der Waals surface area contributed by atoms with Crippen molar-refractivity contribution in [2.45, 2.75) is 765 Å². The zero-order chi connectivity index (χ0) is 95.9. The van der Waals surface area contributed by atoms with Gasteiger partial charge in [0.2, 0.25) is 0 Å². The predicted octanol–water partition coefficient (Wildman–Crippen LogP) is 50.2. The third-order valence-electron chi connectivity index (χ3n) is 18.6. The smallest absolute Gasteiger partial charge is 0.0437 e. The third-order valence-corrected chi connectivity index (χ3v) is 18.6. The van der Waals surface area contributed by atoms with Crippen LogP contribution in [-0.4, -0.2) is 13.2 Å². The monoisotopic (exact) mass is 1710 g/mol. The van der Waals surface area contributed by atoms with Crippen molar-refractivity contribution in [1.29, 1.82) is 0 Å². The number of hydrogen-bond acceptors (Lipinski definition) is 1. The van der Waals surface area contributed by atoms with Gasteiger partial charge in [0.05, 0.1) is 0 Å². The Labute approximate surface area is 778 Å². The molecular weight excluding hydrogens is 1430 g/mol. The number of unbranched alkanes of at least 4 members (excludes halogenated alkanes) is 57. The summed E-state index contributed by atoms with van der Waals surface area (Å²) in [5.74, 6) is 0. The number of hydrogen-bond donors (Lipinski definition) is 0. The lowest BCUT2D eigenvalue weighted by molar-refractivity contribution is 0.162. The average Bonchev–Trinajstić information content (AvgIpc) is 3.79. The molecule has 0 saturated carbocycles. The molecule has 0 atom stereocenters. The molecule has 0 aromatic rings. The molecule has 0 aliphatic heterocycles. The van der Waals surface area contributed by atoms with Crippen LogP contribution < -0.4 is 0 Å². The maximum absolute atomic E-state index is 4.83. The first-order chi connectivity index (χ1) is 57.8. The van der Waals surface area contributed by atoms with Gasteiger partial charge in [0.1, 0.15) is 0 Å². The minimum absolute atomic E-state index is 0.844. The van der Waals surface area contributed by atoms with Crippen LogP contribution in [0.3, 0.4) is 0 Å². The highest BCUT2D eigenvalue weighted by molar-refractivity contribution is 4.41. The van der Waals surface area contributed by atoms with Crippen LogP contribution >= 0.6 is 0 Å². The predicted molar refractivity (Wildman–Crippen MR) is 589 cm³/mol. The minimum Gasteiger partial charge on any atom is -0.382 e. The van der Waals surface area contributed by atoms with Crippen molar-refractivity contribution in [3.63, 3.8) is 0 Å². The summed E-state index contributed by atoms with van der Waals surface area (Å²) < 4.78 is 4.83. The summed E-state index contributed by atoms with van der Waals surface area (Å²) in [7, 11) is 0. The van der Waals surface area contributed by atoms with Gasteiger partial charge in [-0.1, -0.05) is 751 Å². The van der Waals surface area contributed by atoms with Crippen molar-refractivity contribution in [3.8, 4) is 0 Å². The van der Waals surface area contributed by atoms with Gasteiger partial charge in [-0.3, -0.25) is 0 Å². The lowest BCUT2D eigenvalue weighted by Crippen LogP contribution is -1.84. The molecule has 0 aromatic carbocycles. The largest absolute Gasteiger partial charge is 0.382 e. The van der Waals surface area contributed by atoms with E-state index in [2.05, 4.69) is 263 Å². The third kappa shape index (κ3) is 456. The summed E-state index contributed by atoms with van der Waals surface area (Å²) >= 11 is 0. The Kier molecular flexibility index (Phi) is 368. The molecule has 754 valence electrons. The molecule has 0 bridgehead atoms. The van der Waals surface area contributed by atoms with Gasteiger partial charge in [0.25, 0.3) is 0 Å². The van der Waals surface area contributed by atoms with Gasteiger partial charge in [-0.2, -0.15) is 0 Å². The summed E-state index contributed by atoms with van der Waals surface area (Å²) in [4.78, 5) is 0. The van der Waals surface area contributed by atoms with E-state index in [0.717, 1.165) is 13.2 Å². The Balaban J connectivity index is -0.0000000482. The van der Waals surface area contributed by atoms with Gasteiger partial charge in [0.15, 0.2) is 0 Å². The maximum Gasteiger partial charge on any atom is 0.0437 e. The van der Waals surface area contributed by atoms with Gasteiger partial charge >= 0.3 is 0 Å². The minimum atomic E-state index is 0.844. The van der Waals surface area contributed by atoms with Crippen LogP contribution in [0.1, 0.15) is 765 Å². The number of rotatable bonds is 59. The Bertz CT molecular complexity index is 603. The van der Waals surface area contributed by atoms with Crippen molar-refractivity contribution in [2.24, 2.45) is 0 Å². The first-order valence-electron chi connectivity index (χ1n) is 57.4. The molecule has 0 saturated heterocycles. The first kappa shape index (κ1) is 169. The summed E-state index contributed by atoms with van der Waals surface area (Å²) in [6.07, 6.45) is 105. The summed E-state index contributed by atoms with van der Waals surface area (Å²) in [5, 5.41) is 0. The van der Waals surface area contributed by atoms with E-state index in [-0.39, 0.29) is 0 Å². The highest BCUT2D eigenvalue weighted by Crippen LogP contribution is 2.05. The maximum atomic E-state index is 4.83. The van der Waals surface area contributed by atoms with E-state index in [1.165, 1.54) is 488 Å². The first-order valence-corrected chi connectivity index (χ1v) is 57.4. The van der Waals surface area contributed by atoms with E-state index in [4.69, 9.17) is 4.74 Å². The van der Waals surface area contributed by atoms with Crippen LogP contribution in [-0.2, 0) is 4.74 Å². The standard InChI is InChI=1S/19C6H14.C4H10O/c19*1-3-5-6-4-2;1-3-5-4-2/h19*3-6H2,1-2H3;3-4H2,1-2H3. The molecule has 0 aromatic heterocycles. The van der Waals surface area contributed by atoms with E-state index >= 15 is 0 Å². The van der Waals surface area contributed by atoms with Gasteiger partial charge in [-0.25, -0.2) is 0 Å². The summed E-state index contributed by atoms with van der Waals surface area (Å²) in [5.41, 5.74) is 0. The van der Waals surface area contributed by atoms with Crippen LogP contribution in [0.2, 0.25) is 0 Å². The molecule has 0 aliphatic carbocycles. The lowest BCUT2D eigenvalue weighted by Gasteiger charge is -1.86. The highest BCUT2D eigenvalue weighted by Gasteiger charge is 1.85. The SMILES string of the molecule is CCCCCC.CCCCCC.CCCCCC.CCCCCC.CCCCCC.CCCCCC.CCCCCC.CCCCCC.CCCCCC.CCCCCC.CCCCCC.CCCCCC.CCCCCC.CCCCCC.CCCCCC.CCCCCC.CCCCCC.CCCCCC.CCCCCC.CCOCC. The Morgan fingerprint density at radius 3 is 0.109 bits per heavy atom. The van der Waals surface area contributed by atoms with Crippen LogP contribution in [0.15, 0.2) is 0 Å². The molecule has 0 heterocycles.